The Morgan fingerprint density at radius 2 is 1.93 bits per heavy atom. The Kier molecular flexibility index (Phi) is 8.51. The number of likely N-dealkylation sites (tertiary alicyclic amines) is 1. The maximum atomic E-state index is 13.6. The van der Waals surface area contributed by atoms with Crippen molar-refractivity contribution < 1.29 is 39.6 Å². The molecule has 4 aromatic rings. The fourth-order valence-corrected chi connectivity index (χ4v) is 9.35. The molecule has 0 amide bonds. The van der Waals surface area contributed by atoms with Gasteiger partial charge in [-0.1, -0.05) is 22.7 Å². The number of carbonyl (C=O) groups is 1. The molecule has 6 rings (SSSR count). The van der Waals surface area contributed by atoms with Gasteiger partial charge in [0.05, 0.1) is 17.0 Å². The summed E-state index contributed by atoms with van der Waals surface area (Å²) in [5, 5.41) is 2.64. The number of anilines is 1. The van der Waals surface area contributed by atoms with Crippen LogP contribution in [0, 0.1) is 11.8 Å². The smallest absolute Gasteiger partial charge is 0.336 e. The van der Waals surface area contributed by atoms with Gasteiger partial charge in [0.25, 0.3) is 0 Å². The Morgan fingerprint density at radius 3 is 2.61 bits per heavy atom. The topological polar surface area (TPSA) is 119 Å². The van der Waals surface area contributed by atoms with Gasteiger partial charge in [-0.15, -0.1) is 22.7 Å². The monoisotopic (exact) mass is 688 g/mol. The van der Waals surface area contributed by atoms with Crippen LogP contribution in [-0.4, -0.2) is 62.3 Å². The lowest BCUT2D eigenvalue weighted by Crippen LogP contribution is -2.38. The predicted octanol–water partition coefficient (Wildman–Crippen LogP) is 4.89. The lowest BCUT2D eigenvalue weighted by Gasteiger charge is -2.24. The van der Waals surface area contributed by atoms with Crippen molar-refractivity contribution in [1.82, 2.24) is 14.5 Å². The minimum Gasteiger partial charge on any atom is -0.336 e. The van der Waals surface area contributed by atoms with Crippen LogP contribution in [0.25, 0.3) is 21.6 Å². The van der Waals surface area contributed by atoms with E-state index in [1.807, 2.05) is 10.6 Å². The third-order valence-corrected chi connectivity index (χ3v) is 12.3. The molecule has 2 fully saturated rings. The minimum atomic E-state index is -5.43. The van der Waals surface area contributed by atoms with E-state index in [0.29, 0.717) is 41.2 Å². The molecule has 1 saturated carbocycles. The number of hydrogen-bond donors (Lipinski definition) is 1. The molecule has 44 heavy (non-hydrogen) atoms. The highest BCUT2D eigenvalue weighted by atomic mass is 32.2. The number of aromatic nitrogens is 2. The highest BCUT2D eigenvalue weighted by Gasteiger charge is 2.45. The number of thiol groups is 1. The van der Waals surface area contributed by atoms with Crippen LogP contribution in [0.3, 0.4) is 0 Å². The van der Waals surface area contributed by atoms with Gasteiger partial charge in [-0.05, 0) is 61.2 Å². The molecule has 10 nitrogen and oxygen atoms in total. The van der Waals surface area contributed by atoms with Crippen LogP contribution >= 0.6 is 22.7 Å². The lowest BCUT2D eigenvalue weighted by molar-refractivity contribution is -0.199. The minimum absolute atomic E-state index is 0.0803. The average Bonchev–Trinajstić information content (AvgIpc) is 3.39. The highest BCUT2D eigenvalue weighted by molar-refractivity contribution is 7.94. The Bertz CT molecular complexity index is 1860. The first-order chi connectivity index (χ1) is 20.9. The summed E-state index contributed by atoms with van der Waals surface area (Å²) in [5.41, 5.74) is 0.737. The zero-order valence-electron chi connectivity index (χ0n) is 23.0. The number of sulfonamides is 1. The first-order valence-electron chi connectivity index (χ1n) is 13.7. The van der Waals surface area contributed by atoms with Crippen LogP contribution < -0.4 is 4.47 Å². The fourth-order valence-electron chi connectivity index (χ4n) is 5.36. The molecule has 4 heterocycles. The van der Waals surface area contributed by atoms with E-state index < -0.39 is 32.9 Å². The Morgan fingerprint density at radius 1 is 1.14 bits per heavy atom. The van der Waals surface area contributed by atoms with Gasteiger partial charge in [0.15, 0.2) is 0 Å². The van der Waals surface area contributed by atoms with Crippen LogP contribution in [0.1, 0.15) is 24.1 Å². The zero-order valence-corrected chi connectivity index (χ0v) is 26.3. The Balaban J connectivity index is 1.40. The maximum Gasteiger partial charge on any atom is 0.493 e. The normalized spacial score (nSPS) is 18.0. The SMILES string of the molecule is O=C(ON(c1cccc2cc(-c3ncc(CN4CCC(C[SH](=O)=O)C4)s3)n(CC3CC3)c12)S(=O)(=O)c1cccs1)C(F)(F)F. The van der Waals surface area contributed by atoms with E-state index in [9.17, 15) is 34.8 Å². The number of fused-ring (bicyclic) bond motifs is 1. The number of nitrogens with zero attached hydrogens (tertiary/aromatic N) is 4. The van der Waals surface area contributed by atoms with Crippen molar-refractivity contribution in [2.45, 2.75) is 42.7 Å². The second kappa shape index (κ2) is 12.1. The van der Waals surface area contributed by atoms with Crippen molar-refractivity contribution in [1.29, 1.82) is 0 Å². The number of hydrogen-bond acceptors (Lipinski definition) is 10. The molecule has 3 aromatic heterocycles. The highest BCUT2D eigenvalue weighted by Crippen LogP contribution is 2.42. The third kappa shape index (κ3) is 6.51. The van der Waals surface area contributed by atoms with Gasteiger partial charge in [0.1, 0.15) is 25.6 Å². The van der Waals surface area contributed by atoms with Gasteiger partial charge in [0.2, 0.25) is 0 Å². The van der Waals surface area contributed by atoms with Crippen LogP contribution in [0.5, 0.6) is 0 Å². The van der Waals surface area contributed by atoms with Crippen LogP contribution in [0.15, 0.2) is 52.2 Å². The van der Waals surface area contributed by atoms with Crippen molar-refractivity contribution >= 4 is 66.0 Å². The summed E-state index contributed by atoms with van der Waals surface area (Å²) < 4.78 is 91.2. The number of alkyl halides is 3. The number of halogens is 3. The van der Waals surface area contributed by atoms with E-state index in [2.05, 4.69) is 14.7 Å². The molecule has 0 radical (unpaired) electrons. The second-order valence-corrected chi connectivity index (χ2v) is 15.9. The van der Waals surface area contributed by atoms with Gasteiger partial charge < -0.3 is 9.40 Å². The Labute approximate surface area is 260 Å². The number of benzene rings is 1. The number of carbonyl (C=O) groups excluding carboxylic acids is 1. The number of thiazole rings is 1. The molecule has 1 unspecified atom stereocenters. The van der Waals surface area contributed by atoms with E-state index in [1.165, 1.54) is 41.0 Å². The van der Waals surface area contributed by atoms with E-state index >= 15 is 0 Å². The maximum absolute atomic E-state index is 13.6. The summed E-state index contributed by atoms with van der Waals surface area (Å²) in [5.74, 6) is -2.11. The Hall–Kier alpha value is -2.99. The molecule has 17 heteroatoms. The molecular formula is C27H27F3N4O6S4. The first kappa shape index (κ1) is 31.0. The van der Waals surface area contributed by atoms with Crippen molar-refractivity contribution in [3.63, 3.8) is 0 Å². The summed E-state index contributed by atoms with van der Waals surface area (Å²) in [7, 11) is -7.16. The summed E-state index contributed by atoms with van der Waals surface area (Å²) in [6.07, 6.45) is -1.000. The van der Waals surface area contributed by atoms with Crippen LogP contribution in [0.4, 0.5) is 18.9 Å². The van der Waals surface area contributed by atoms with Crippen molar-refractivity contribution in [2.24, 2.45) is 11.8 Å². The quantitative estimate of drug-likeness (QED) is 0.175. The number of thiophene rings is 1. The molecule has 0 spiro atoms. The second-order valence-electron chi connectivity index (χ2n) is 10.9. The summed E-state index contributed by atoms with van der Waals surface area (Å²) in [6, 6.07) is 8.99. The van der Waals surface area contributed by atoms with E-state index in [1.54, 1.807) is 12.3 Å². The molecule has 1 atom stereocenters. The largest absolute Gasteiger partial charge is 0.493 e. The van der Waals surface area contributed by atoms with Gasteiger partial charge in [0, 0.05) is 36.1 Å². The molecule has 1 aromatic carbocycles. The molecule has 1 aliphatic carbocycles. The third-order valence-electron chi connectivity index (χ3n) is 7.53. The van der Waals surface area contributed by atoms with Crippen molar-refractivity contribution in [3.05, 3.63) is 52.9 Å². The molecule has 0 N–H and O–H groups in total. The predicted molar refractivity (Wildman–Crippen MR) is 160 cm³/mol. The summed E-state index contributed by atoms with van der Waals surface area (Å²) in [6.45, 7) is 2.51. The molecule has 0 bridgehead atoms. The fraction of sp³-hybridized carbons (Fsp3) is 0.407. The van der Waals surface area contributed by atoms with Crippen molar-refractivity contribution in [2.75, 3.05) is 23.3 Å². The number of para-hydroxylation sites is 1. The van der Waals surface area contributed by atoms with Gasteiger partial charge in [-0.2, -0.15) is 21.6 Å². The van der Waals surface area contributed by atoms with E-state index in [-0.39, 0.29) is 32.0 Å². The molecule has 236 valence electrons. The van der Waals surface area contributed by atoms with Crippen LogP contribution in [0.2, 0.25) is 0 Å². The van der Waals surface area contributed by atoms with Crippen molar-refractivity contribution in [3.8, 4) is 10.7 Å². The van der Waals surface area contributed by atoms with E-state index in [0.717, 1.165) is 42.0 Å². The summed E-state index contributed by atoms with van der Waals surface area (Å²) in [4.78, 5) is 24.4. The first-order valence-corrected chi connectivity index (χ1v) is 18.2. The van der Waals surface area contributed by atoms with Gasteiger partial charge in [-0.3, -0.25) is 4.90 Å². The standard InChI is InChI=1S/C27H27F3N4O6S4/c28-27(29,30)26(35)40-34(44(38,39)23-5-2-10-41-23)21-4-1-3-19-11-22(33(24(19)21)14-17-6-7-17)25-31-12-20(42-25)15-32-9-8-18(13-32)16-43(36)37/h1-5,10-12,17-18,43H,6-9,13-16H2. The lowest BCUT2D eigenvalue weighted by atomic mass is 10.2. The molecule has 2 aliphatic rings. The summed E-state index contributed by atoms with van der Waals surface area (Å²) >= 11 is 2.23. The molecule has 1 saturated heterocycles. The van der Waals surface area contributed by atoms with Gasteiger partial charge >= 0.3 is 22.2 Å². The molecule has 1 aliphatic heterocycles. The number of rotatable bonds is 11. The van der Waals surface area contributed by atoms with E-state index in [4.69, 9.17) is 0 Å². The average molecular weight is 689 g/mol. The zero-order chi connectivity index (χ0) is 31.2. The molecular weight excluding hydrogens is 662 g/mol. The van der Waals surface area contributed by atoms with Crippen LogP contribution in [-0.2, 0) is 43.4 Å². The van der Waals surface area contributed by atoms with Gasteiger partial charge in [-0.25, -0.2) is 18.2 Å².